The Morgan fingerprint density at radius 2 is 1.62 bits per heavy atom. The van der Waals surface area contributed by atoms with Crippen molar-refractivity contribution in [3.8, 4) is 0 Å². The summed E-state index contributed by atoms with van der Waals surface area (Å²) in [6, 6.07) is 20.5. The average molecular weight is 432 g/mol. The van der Waals surface area contributed by atoms with Gasteiger partial charge in [0.25, 0.3) is 5.91 Å². The Morgan fingerprint density at radius 1 is 0.969 bits per heavy atom. The standard InChI is InChI=1S/C29H37NO2/c1-20(2)25-17-15-21(3)19-27(25)32-28-26(18-16-23-11-7-5-8-12-23)30(29(28)31)22(4)24-13-9-6-10-14-24/h5-14,16,18,20-22,25-28H,15,17,19H2,1-4H3/b18-16+/t21-,22+,25+,26-,27-,28+/m1/s1. The van der Waals surface area contributed by atoms with E-state index in [-0.39, 0.29) is 24.1 Å². The van der Waals surface area contributed by atoms with Crippen molar-refractivity contribution in [3.05, 3.63) is 77.9 Å². The fourth-order valence-electron chi connectivity index (χ4n) is 5.41. The first kappa shape index (κ1) is 22.8. The highest BCUT2D eigenvalue weighted by atomic mass is 16.5. The van der Waals surface area contributed by atoms with Gasteiger partial charge >= 0.3 is 0 Å². The molecule has 0 spiro atoms. The molecule has 1 aliphatic heterocycles. The first-order valence-corrected chi connectivity index (χ1v) is 12.2. The molecule has 3 heteroatoms. The molecule has 32 heavy (non-hydrogen) atoms. The number of β-lactam (4-membered cyclic amide) rings is 1. The maximum Gasteiger partial charge on any atom is 0.255 e. The Labute approximate surface area is 193 Å². The SMILES string of the molecule is CC(C)[C@@H]1CC[C@@H](C)C[C@H]1O[C@@H]1C(=O)N([C@@H](C)c2ccccc2)[C@@H]1/C=C/c1ccccc1. The molecule has 1 amide bonds. The Morgan fingerprint density at radius 3 is 2.28 bits per heavy atom. The minimum Gasteiger partial charge on any atom is -0.362 e. The van der Waals surface area contributed by atoms with Gasteiger partial charge in [-0.2, -0.15) is 0 Å². The number of likely N-dealkylation sites (tertiary alicyclic amines) is 1. The summed E-state index contributed by atoms with van der Waals surface area (Å²) in [6.45, 7) is 9.00. The van der Waals surface area contributed by atoms with E-state index in [1.807, 2.05) is 41.3 Å². The lowest BCUT2D eigenvalue weighted by Crippen LogP contribution is -2.66. The normalized spacial score (nSPS) is 29.3. The van der Waals surface area contributed by atoms with E-state index < -0.39 is 6.10 Å². The zero-order chi connectivity index (χ0) is 22.7. The molecule has 0 N–H and O–H groups in total. The molecule has 0 unspecified atom stereocenters. The molecule has 3 nitrogen and oxygen atoms in total. The number of hydrogen-bond acceptors (Lipinski definition) is 2. The van der Waals surface area contributed by atoms with Gasteiger partial charge in [0, 0.05) is 0 Å². The predicted octanol–water partition coefficient (Wildman–Crippen LogP) is 6.52. The van der Waals surface area contributed by atoms with E-state index in [1.165, 1.54) is 12.8 Å². The molecule has 1 saturated heterocycles. The topological polar surface area (TPSA) is 29.5 Å². The summed E-state index contributed by atoms with van der Waals surface area (Å²) in [5.41, 5.74) is 2.30. The molecule has 1 saturated carbocycles. The molecule has 2 aromatic rings. The smallest absolute Gasteiger partial charge is 0.255 e. The van der Waals surface area contributed by atoms with Crippen molar-refractivity contribution in [2.75, 3.05) is 0 Å². The lowest BCUT2D eigenvalue weighted by molar-refractivity contribution is -0.189. The Balaban J connectivity index is 1.57. The zero-order valence-corrected chi connectivity index (χ0v) is 19.9. The van der Waals surface area contributed by atoms with Crippen molar-refractivity contribution >= 4 is 12.0 Å². The van der Waals surface area contributed by atoms with Crippen LogP contribution in [-0.4, -0.2) is 29.1 Å². The zero-order valence-electron chi connectivity index (χ0n) is 19.9. The number of nitrogens with zero attached hydrogens (tertiary/aromatic N) is 1. The third-order valence-electron chi connectivity index (χ3n) is 7.40. The number of rotatable bonds is 7. The first-order chi connectivity index (χ1) is 15.5. The number of carbonyl (C=O) groups is 1. The highest BCUT2D eigenvalue weighted by Crippen LogP contribution is 2.40. The lowest BCUT2D eigenvalue weighted by atomic mass is 9.75. The van der Waals surface area contributed by atoms with E-state index >= 15 is 0 Å². The second-order valence-electron chi connectivity index (χ2n) is 10.0. The minimum absolute atomic E-state index is 0.0140. The molecule has 0 radical (unpaired) electrons. The summed E-state index contributed by atoms with van der Waals surface area (Å²) >= 11 is 0. The molecule has 0 aromatic heterocycles. The van der Waals surface area contributed by atoms with E-state index in [9.17, 15) is 4.79 Å². The molecule has 1 heterocycles. The summed E-state index contributed by atoms with van der Waals surface area (Å²) in [6.07, 6.45) is 7.57. The maximum absolute atomic E-state index is 13.4. The second-order valence-corrected chi connectivity index (χ2v) is 10.0. The van der Waals surface area contributed by atoms with Crippen LogP contribution in [0.1, 0.15) is 64.1 Å². The number of hydrogen-bond donors (Lipinski definition) is 0. The van der Waals surface area contributed by atoms with E-state index in [2.05, 4.69) is 64.1 Å². The van der Waals surface area contributed by atoms with Crippen LogP contribution in [-0.2, 0) is 9.53 Å². The van der Waals surface area contributed by atoms with Crippen molar-refractivity contribution < 1.29 is 9.53 Å². The molecule has 4 rings (SSSR count). The largest absolute Gasteiger partial charge is 0.362 e. The van der Waals surface area contributed by atoms with Gasteiger partial charge in [-0.25, -0.2) is 0 Å². The van der Waals surface area contributed by atoms with Crippen molar-refractivity contribution in [2.24, 2.45) is 17.8 Å². The summed E-state index contributed by atoms with van der Waals surface area (Å²) in [5.74, 6) is 1.87. The fourth-order valence-corrected chi connectivity index (χ4v) is 5.41. The van der Waals surface area contributed by atoms with Crippen LogP contribution >= 0.6 is 0 Å². The third kappa shape index (κ3) is 4.83. The monoisotopic (exact) mass is 431 g/mol. The van der Waals surface area contributed by atoms with Crippen molar-refractivity contribution in [3.63, 3.8) is 0 Å². The van der Waals surface area contributed by atoms with Crippen LogP contribution in [0.25, 0.3) is 6.08 Å². The Hall–Kier alpha value is -2.39. The lowest BCUT2D eigenvalue weighted by Gasteiger charge is -2.51. The molecule has 170 valence electrons. The van der Waals surface area contributed by atoms with E-state index in [4.69, 9.17) is 4.74 Å². The van der Waals surface area contributed by atoms with Gasteiger partial charge in [-0.05, 0) is 48.6 Å². The highest BCUT2D eigenvalue weighted by molar-refractivity contribution is 5.90. The molecule has 1 aliphatic carbocycles. The van der Waals surface area contributed by atoms with Gasteiger partial charge in [0.15, 0.2) is 6.10 Å². The van der Waals surface area contributed by atoms with Crippen molar-refractivity contribution in [2.45, 2.75) is 71.2 Å². The fraction of sp³-hybridized carbons (Fsp3) is 0.483. The van der Waals surface area contributed by atoms with Crippen molar-refractivity contribution in [1.82, 2.24) is 4.90 Å². The number of amides is 1. The number of benzene rings is 2. The van der Waals surface area contributed by atoms with Gasteiger partial charge < -0.3 is 9.64 Å². The minimum atomic E-state index is -0.391. The van der Waals surface area contributed by atoms with Gasteiger partial charge in [0.1, 0.15) is 0 Å². The average Bonchev–Trinajstić information content (AvgIpc) is 2.80. The molecular formula is C29H37NO2. The summed E-state index contributed by atoms with van der Waals surface area (Å²) in [5, 5.41) is 0. The highest BCUT2D eigenvalue weighted by Gasteiger charge is 2.51. The molecule has 2 aromatic carbocycles. The van der Waals surface area contributed by atoms with E-state index in [0.29, 0.717) is 17.8 Å². The van der Waals surface area contributed by atoms with Crippen LogP contribution in [0, 0.1) is 17.8 Å². The first-order valence-electron chi connectivity index (χ1n) is 12.2. The number of ether oxygens (including phenoxy) is 1. The Kier molecular flexibility index (Phi) is 7.15. The van der Waals surface area contributed by atoms with Gasteiger partial charge in [0.05, 0.1) is 18.2 Å². The molecule has 2 aliphatic rings. The third-order valence-corrected chi connectivity index (χ3v) is 7.40. The van der Waals surface area contributed by atoms with Crippen LogP contribution < -0.4 is 0 Å². The van der Waals surface area contributed by atoms with Crippen LogP contribution in [0.2, 0.25) is 0 Å². The van der Waals surface area contributed by atoms with Crippen LogP contribution in [0.3, 0.4) is 0 Å². The van der Waals surface area contributed by atoms with Crippen molar-refractivity contribution in [1.29, 1.82) is 0 Å². The second kappa shape index (κ2) is 10.0. The van der Waals surface area contributed by atoms with Crippen LogP contribution in [0.4, 0.5) is 0 Å². The predicted molar refractivity (Wildman–Crippen MR) is 131 cm³/mol. The van der Waals surface area contributed by atoms with Gasteiger partial charge in [0.2, 0.25) is 0 Å². The Bertz CT molecular complexity index is 907. The molecular weight excluding hydrogens is 394 g/mol. The molecule has 2 fully saturated rings. The summed E-state index contributed by atoms with van der Waals surface area (Å²) < 4.78 is 6.66. The van der Waals surface area contributed by atoms with Crippen LogP contribution in [0.15, 0.2) is 66.7 Å². The van der Waals surface area contributed by atoms with Gasteiger partial charge in [-0.3, -0.25) is 4.79 Å². The molecule has 6 atom stereocenters. The van der Waals surface area contributed by atoms with E-state index in [1.54, 1.807) is 0 Å². The summed E-state index contributed by atoms with van der Waals surface area (Å²) in [7, 11) is 0. The van der Waals surface area contributed by atoms with Crippen LogP contribution in [0.5, 0.6) is 0 Å². The maximum atomic E-state index is 13.4. The summed E-state index contributed by atoms with van der Waals surface area (Å²) in [4.78, 5) is 15.4. The van der Waals surface area contributed by atoms with Gasteiger partial charge in [-0.15, -0.1) is 0 Å². The quantitative estimate of drug-likeness (QED) is 0.467. The van der Waals surface area contributed by atoms with Gasteiger partial charge in [-0.1, -0.05) is 100 Å². The van der Waals surface area contributed by atoms with E-state index in [0.717, 1.165) is 17.5 Å². The molecule has 0 bridgehead atoms. The number of carbonyl (C=O) groups excluding carboxylic acids is 1.